The number of fused-ring (bicyclic) bond motifs is 1. The molecule has 0 bridgehead atoms. The molecule has 1 heteroatoms. The van der Waals surface area contributed by atoms with Gasteiger partial charge in [-0.2, -0.15) is 0 Å². The minimum atomic E-state index is 0.489. The molecule has 0 amide bonds. The summed E-state index contributed by atoms with van der Waals surface area (Å²) in [7, 11) is 0. The van der Waals surface area contributed by atoms with E-state index in [9.17, 15) is 0 Å². The second kappa shape index (κ2) is 7.99. The van der Waals surface area contributed by atoms with Crippen molar-refractivity contribution in [2.75, 3.05) is 6.54 Å². The Morgan fingerprint density at radius 3 is 2.62 bits per heavy atom. The zero-order valence-corrected chi connectivity index (χ0v) is 13.4. The standard InChI is InChI=1S/C20H27N/c1-4-13-21-19(14-16(3)5-2)15-18-11-8-10-17-9-6-7-12-20(17)18/h6-12,19,21H,3-5,13-15H2,1-2H3. The Labute approximate surface area is 129 Å². The fourth-order valence-electron chi connectivity index (χ4n) is 2.79. The zero-order chi connectivity index (χ0) is 15.1. The highest BCUT2D eigenvalue weighted by atomic mass is 14.9. The maximum Gasteiger partial charge on any atom is 0.0145 e. The van der Waals surface area contributed by atoms with Gasteiger partial charge in [0, 0.05) is 6.04 Å². The molecule has 0 saturated carbocycles. The molecule has 2 aromatic carbocycles. The SMILES string of the molecule is C=C(CC)CC(Cc1cccc2ccccc12)NCCC. The van der Waals surface area contributed by atoms with Crippen molar-refractivity contribution in [3.05, 3.63) is 60.2 Å². The van der Waals surface area contributed by atoms with Gasteiger partial charge in [-0.1, -0.05) is 68.5 Å². The lowest BCUT2D eigenvalue weighted by atomic mass is 9.95. The summed E-state index contributed by atoms with van der Waals surface area (Å²) in [6.45, 7) is 9.67. The summed E-state index contributed by atoms with van der Waals surface area (Å²) in [5.41, 5.74) is 2.77. The van der Waals surface area contributed by atoms with Crippen LogP contribution in [0.2, 0.25) is 0 Å². The van der Waals surface area contributed by atoms with Gasteiger partial charge in [0.15, 0.2) is 0 Å². The van der Waals surface area contributed by atoms with Gasteiger partial charge in [0.05, 0.1) is 0 Å². The van der Waals surface area contributed by atoms with Gasteiger partial charge in [0.1, 0.15) is 0 Å². The van der Waals surface area contributed by atoms with E-state index in [2.05, 4.69) is 68.2 Å². The summed E-state index contributed by atoms with van der Waals surface area (Å²) in [4.78, 5) is 0. The fourth-order valence-corrected chi connectivity index (χ4v) is 2.79. The van der Waals surface area contributed by atoms with Gasteiger partial charge >= 0.3 is 0 Å². The number of rotatable bonds is 8. The summed E-state index contributed by atoms with van der Waals surface area (Å²) < 4.78 is 0. The van der Waals surface area contributed by atoms with Crippen LogP contribution in [0.5, 0.6) is 0 Å². The number of nitrogens with one attached hydrogen (secondary N) is 1. The molecule has 0 spiro atoms. The largest absolute Gasteiger partial charge is 0.313 e. The first-order valence-corrected chi connectivity index (χ1v) is 8.11. The third-order valence-corrected chi connectivity index (χ3v) is 4.06. The van der Waals surface area contributed by atoms with Crippen LogP contribution in [0.1, 0.15) is 38.7 Å². The molecule has 1 N–H and O–H groups in total. The van der Waals surface area contributed by atoms with Crippen molar-refractivity contribution in [2.45, 2.75) is 45.6 Å². The molecular formula is C20H27N. The van der Waals surface area contributed by atoms with Crippen LogP contribution in [0.15, 0.2) is 54.6 Å². The topological polar surface area (TPSA) is 12.0 Å². The highest BCUT2D eigenvalue weighted by molar-refractivity contribution is 5.85. The summed E-state index contributed by atoms with van der Waals surface area (Å²) in [6, 6.07) is 15.8. The first-order chi connectivity index (χ1) is 10.2. The van der Waals surface area contributed by atoms with E-state index in [1.165, 1.54) is 28.3 Å². The maximum absolute atomic E-state index is 4.19. The molecule has 0 radical (unpaired) electrons. The Morgan fingerprint density at radius 2 is 1.86 bits per heavy atom. The molecule has 0 heterocycles. The number of benzene rings is 2. The minimum absolute atomic E-state index is 0.489. The molecule has 0 aliphatic carbocycles. The summed E-state index contributed by atoms with van der Waals surface area (Å²) in [5, 5.41) is 6.40. The van der Waals surface area contributed by atoms with Gasteiger partial charge in [-0.25, -0.2) is 0 Å². The molecule has 1 atom stereocenters. The monoisotopic (exact) mass is 281 g/mol. The zero-order valence-electron chi connectivity index (χ0n) is 13.4. The average molecular weight is 281 g/mol. The lowest BCUT2D eigenvalue weighted by Gasteiger charge is -2.20. The van der Waals surface area contributed by atoms with Crippen molar-refractivity contribution >= 4 is 10.8 Å². The van der Waals surface area contributed by atoms with Crippen molar-refractivity contribution in [2.24, 2.45) is 0 Å². The predicted octanol–water partition coefficient (Wildman–Crippen LogP) is 5.11. The van der Waals surface area contributed by atoms with Crippen LogP contribution < -0.4 is 5.32 Å². The molecule has 0 aliphatic rings. The third kappa shape index (κ3) is 4.44. The van der Waals surface area contributed by atoms with Crippen LogP contribution in [0.25, 0.3) is 10.8 Å². The minimum Gasteiger partial charge on any atom is -0.313 e. The van der Waals surface area contributed by atoms with Crippen LogP contribution in [-0.2, 0) is 6.42 Å². The Bertz CT molecular complexity index is 580. The quantitative estimate of drug-likeness (QED) is 0.663. The van der Waals surface area contributed by atoms with Crippen molar-refractivity contribution in [3.8, 4) is 0 Å². The molecule has 21 heavy (non-hydrogen) atoms. The molecule has 0 aliphatic heterocycles. The second-order valence-electron chi connectivity index (χ2n) is 5.80. The number of hydrogen-bond acceptors (Lipinski definition) is 1. The van der Waals surface area contributed by atoms with Crippen molar-refractivity contribution < 1.29 is 0 Å². The summed E-state index contributed by atoms with van der Waals surface area (Å²) in [5.74, 6) is 0. The van der Waals surface area contributed by atoms with E-state index in [0.29, 0.717) is 6.04 Å². The number of hydrogen-bond donors (Lipinski definition) is 1. The summed E-state index contributed by atoms with van der Waals surface area (Å²) in [6.07, 6.45) is 4.38. The molecule has 0 aromatic heterocycles. The van der Waals surface area contributed by atoms with Crippen LogP contribution in [-0.4, -0.2) is 12.6 Å². The maximum atomic E-state index is 4.19. The molecule has 0 saturated heterocycles. The van der Waals surface area contributed by atoms with Gasteiger partial charge < -0.3 is 5.32 Å². The van der Waals surface area contributed by atoms with E-state index in [4.69, 9.17) is 0 Å². The molecule has 112 valence electrons. The van der Waals surface area contributed by atoms with E-state index in [1.54, 1.807) is 0 Å². The second-order valence-corrected chi connectivity index (χ2v) is 5.80. The molecule has 1 unspecified atom stereocenters. The average Bonchev–Trinajstić information content (AvgIpc) is 2.52. The highest BCUT2D eigenvalue weighted by Crippen LogP contribution is 2.21. The van der Waals surface area contributed by atoms with E-state index in [0.717, 1.165) is 25.8 Å². The summed E-state index contributed by atoms with van der Waals surface area (Å²) >= 11 is 0. The predicted molar refractivity (Wildman–Crippen MR) is 93.8 cm³/mol. The Balaban J connectivity index is 2.19. The van der Waals surface area contributed by atoms with E-state index >= 15 is 0 Å². The lowest BCUT2D eigenvalue weighted by Crippen LogP contribution is -2.32. The van der Waals surface area contributed by atoms with Crippen LogP contribution in [0.3, 0.4) is 0 Å². The third-order valence-electron chi connectivity index (χ3n) is 4.06. The van der Waals surface area contributed by atoms with Crippen LogP contribution in [0.4, 0.5) is 0 Å². The van der Waals surface area contributed by atoms with Gasteiger partial charge in [-0.05, 0) is 48.6 Å². The van der Waals surface area contributed by atoms with Crippen molar-refractivity contribution in [3.63, 3.8) is 0 Å². The van der Waals surface area contributed by atoms with E-state index < -0.39 is 0 Å². The first-order valence-electron chi connectivity index (χ1n) is 8.11. The normalized spacial score (nSPS) is 12.5. The van der Waals surface area contributed by atoms with E-state index in [1.807, 2.05) is 0 Å². The Morgan fingerprint density at radius 1 is 1.10 bits per heavy atom. The molecule has 2 rings (SSSR count). The van der Waals surface area contributed by atoms with Gasteiger partial charge in [0.2, 0.25) is 0 Å². The van der Waals surface area contributed by atoms with Gasteiger partial charge in [-0.3, -0.25) is 0 Å². The van der Waals surface area contributed by atoms with Crippen LogP contribution >= 0.6 is 0 Å². The molecule has 2 aromatic rings. The van der Waals surface area contributed by atoms with Gasteiger partial charge in [0.25, 0.3) is 0 Å². The van der Waals surface area contributed by atoms with Gasteiger partial charge in [-0.15, -0.1) is 0 Å². The van der Waals surface area contributed by atoms with Crippen molar-refractivity contribution in [1.29, 1.82) is 0 Å². The molecule has 0 fully saturated rings. The molecular weight excluding hydrogens is 254 g/mol. The smallest absolute Gasteiger partial charge is 0.0145 e. The van der Waals surface area contributed by atoms with E-state index in [-0.39, 0.29) is 0 Å². The fraction of sp³-hybridized carbons (Fsp3) is 0.400. The lowest BCUT2D eigenvalue weighted by molar-refractivity contribution is 0.501. The van der Waals surface area contributed by atoms with Crippen molar-refractivity contribution in [1.82, 2.24) is 5.32 Å². The highest BCUT2D eigenvalue weighted by Gasteiger charge is 2.11. The first kappa shape index (κ1) is 15.8. The molecule has 1 nitrogen and oxygen atoms in total. The Kier molecular flexibility index (Phi) is 6.01. The Hall–Kier alpha value is -1.60. The van der Waals surface area contributed by atoms with Crippen LogP contribution in [0, 0.1) is 0 Å².